The van der Waals surface area contributed by atoms with Gasteiger partial charge in [0, 0.05) is 18.6 Å². The fraction of sp³-hybridized carbons (Fsp3) is 0.450. The van der Waals surface area contributed by atoms with Crippen molar-refractivity contribution >= 4 is 43.9 Å². The molecule has 2 aromatic rings. The number of benzene rings is 1. The van der Waals surface area contributed by atoms with E-state index in [9.17, 15) is 28.1 Å². The Balaban J connectivity index is 1.29. The molecule has 1 heterocycles. The van der Waals surface area contributed by atoms with Gasteiger partial charge in [-0.3, -0.25) is 25.0 Å². The van der Waals surface area contributed by atoms with E-state index < -0.39 is 33.2 Å². The Morgan fingerprint density at radius 3 is 2.59 bits per heavy atom. The standard InChI is InChI=1S/C20H21N3O7S2/c24-17(11-30-18(25)9-14-8-12-1-2-13(14)7-12)22-20-21-10-19(31-20)32(28,29)16-5-3-15(4-6-16)23(26)27/h3-6,10,12-14H,1-2,7-9,11H2,(H,21,22,24). The van der Waals surface area contributed by atoms with Crippen LogP contribution in [0, 0.1) is 27.9 Å². The number of hydrogen-bond donors (Lipinski definition) is 1. The number of hydrogen-bond acceptors (Lipinski definition) is 9. The molecule has 10 nitrogen and oxygen atoms in total. The number of amides is 1. The van der Waals surface area contributed by atoms with Gasteiger partial charge in [0.25, 0.3) is 11.6 Å². The molecule has 12 heteroatoms. The van der Waals surface area contributed by atoms with Gasteiger partial charge in [-0.25, -0.2) is 13.4 Å². The highest BCUT2D eigenvalue weighted by Crippen LogP contribution is 2.49. The smallest absolute Gasteiger partial charge is 0.306 e. The van der Waals surface area contributed by atoms with Gasteiger partial charge in [0.15, 0.2) is 11.7 Å². The Labute approximate surface area is 188 Å². The maximum atomic E-state index is 12.7. The Hall–Kier alpha value is -2.86. The molecule has 32 heavy (non-hydrogen) atoms. The minimum atomic E-state index is -3.94. The number of carbonyl (C=O) groups is 2. The van der Waals surface area contributed by atoms with Crippen molar-refractivity contribution in [2.75, 3.05) is 11.9 Å². The fourth-order valence-electron chi connectivity index (χ4n) is 4.51. The van der Waals surface area contributed by atoms with E-state index in [4.69, 9.17) is 4.74 Å². The number of thiazole rings is 1. The van der Waals surface area contributed by atoms with Crippen molar-refractivity contribution in [3.05, 3.63) is 40.6 Å². The van der Waals surface area contributed by atoms with Crippen LogP contribution in [0.1, 0.15) is 32.1 Å². The summed E-state index contributed by atoms with van der Waals surface area (Å²) >= 11 is 0.737. The zero-order chi connectivity index (χ0) is 22.9. The monoisotopic (exact) mass is 479 g/mol. The number of aromatic nitrogens is 1. The van der Waals surface area contributed by atoms with Crippen molar-refractivity contribution < 1.29 is 27.7 Å². The lowest BCUT2D eigenvalue weighted by molar-refractivity contribution is -0.384. The average Bonchev–Trinajstić information content (AvgIpc) is 3.50. The van der Waals surface area contributed by atoms with Crippen LogP contribution < -0.4 is 5.32 Å². The van der Waals surface area contributed by atoms with Crippen LogP contribution >= 0.6 is 11.3 Å². The molecular weight excluding hydrogens is 458 g/mol. The minimum absolute atomic E-state index is 0.0413. The number of esters is 1. The van der Waals surface area contributed by atoms with E-state index in [1.165, 1.54) is 12.8 Å². The van der Waals surface area contributed by atoms with Gasteiger partial charge in [-0.2, -0.15) is 0 Å². The highest BCUT2D eigenvalue weighted by atomic mass is 32.2. The molecule has 2 aliphatic rings. The lowest BCUT2D eigenvalue weighted by Crippen LogP contribution is -2.23. The van der Waals surface area contributed by atoms with E-state index >= 15 is 0 Å². The maximum Gasteiger partial charge on any atom is 0.306 e. The quantitative estimate of drug-likeness (QED) is 0.345. The lowest BCUT2D eigenvalue weighted by Gasteiger charge is -2.20. The molecule has 2 saturated carbocycles. The maximum absolute atomic E-state index is 12.7. The molecule has 0 spiro atoms. The zero-order valence-electron chi connectivity index (χ0n) is 16.9. The van der Waals surface area contributed by atoms with Crippen molar-refractivity contribution in [1.82, 2.24) is 4.98 Å². The summed E-state index contributed by atoms with van der Waals surface area (Å²) in [5, 5.41) is 13.2. The number of carbonyl (C=O) groups excluding carboxylic acids is 2. The number of nitrogens with one attached hydrogen (secondary N) is 1. The summed E-state index contributed by atoms with van der Waals surface area (Å²) in [7, 11) is -3.94. The van der Waals surface area contributed by atoms with Crippen LogP contribution in [0.5, 0.6) is 0 Å². The lowest BCUT2D eigenvalue weighted by atomic mass is 9.86. The van der Waals surface area contributed by atoms with Gasteiger partial charge in [0.05, 0.1) is 16.0 Å². The number of nitrogens with zero attached hydrogens (tertiary/aromatic N) is 2. The number of ether oxygens (including phenoxy) is 1. The first-order chi connectivity index (χ1) is 15.2. The number of nitro benzene ring substituents is 1. The second kappa shape index (κ2) is 8.94. The number of fused-ring (bicyclic) bond motifs is 2. The summed E-state index contributed by atoms with van der Waals surface area (Å²) in [6, 6.07) is 4.48. The van der Waals surface area contributed by atoms with Gasteiger partial charge in [-0.05, 0) is 49.1 Å². The summed E-state index contributed by atoms with van der Waals surface area (Å²) in [5.74, 6) is 0.643. The van der Waals surface area contributed by atoms with Crippen LogP contribution in [-0.2, 0) is 24.2 Å². The third-order valence-corrected chi connectivity index (χ3v) is 9.17. The van der Waals surface area contributed by atoms with E-state index in [1.807, 2.05) is 0 Å². The Bertz CT molecular complexity index is 1140. The number of non-ortho nitro benzene ring substituents is 1. The normalized spacial score (nSPS) is 21.9. The molecule has 1 amide bonds. The molecule has 1 aromatic carbocycles. The molecule has 2 aliphatic carbocycles. The molecular formula is C20H21N3O7S2. The highest BCUT2D eigenvalue weighted by Gasteiger charge is 2.40. The van der Waals surface area contributed by atoms with Gasteiger partial charge < -0.3 is 4.74 Å². The first kappa shape index (κ1) is 22.3. The van der Waals surface area contributed by atoms with Crippen molar-refractivity contribution in [3.63, 3.8) is 0 Å². The Morgan fingerprint density at radius 1 is 1.22 bits per heavy atom. The molecule has 3 atom stereocenters. The van der Waals surface area contributed by atoms with Crippen molar-refractivity contribution in [2.24, 2.45) is 17.8 Å². The number of rotatable bonds is 8. The molecule has 2 fully saturated rings. The van der Waals surface area contributed by atoms with Crippen LogP contribution in [0.4, 0.5) is 10.8 Å². The van der Waals surface area contributed by atoms with Crippen LogP contribution in [0.15, 0.2) is 39.6 Å². The second-order valence-corrected chi connectivity index (χ2v) is 11.3. The van der Waals surface area contributed by atoms with E-state index in [-0.39, 0.29) is 19.9 Å². The molecule has 0 saturated heterocycles. The molecule has 2 bridgehead atoms. The van der Waals surface area contributed by atoms with E-state index in [2.05, 4.69) is 10.3 Å². The first-order valence-electron chi connectivity index (χ1n) is 10.1. The van der Waals surface area contributed by atoms with Crippen LogP contribution in [-0.4, -0.2) is 36.8 Å². The summed E-state index contributed by atoms with van der Waals surface area (Å²) in [6.45, 7) is -0.469. The number of anilines is 1. The SMILES string of the molecule is O=C(COC(=O)CC1CC2CCC1C2)Nc1ncc(S(=O)(=O)c2ccc([N+](=O)[O-])cc2)s1. The first-order valence-corrected chi connectivity index (χ1v) is 12.4. The van der Waals surface area contributed by atoms with Crippen LogP contribution in [0.3, 0.4) is 0 Å². The fourth-order valence-corrected chi connectivity index (χ4v) is 6.95. The largest absolute Gasteiger partial charge is 0.456 e. The molecule has 4 rings (SSSR count). The Morgan fingerprint density at radius 2 is 1.97 bits per heavy atom. The van der Waals surface area contributed by atoms with E-state index in [0.717, 1.165) is 60.6 Å². The Kier molecular flexibility index (Phi) is 6.24. The van der Waals surface area contributed by atoms with Gasteiger partial charge in [-0.15, -0.1) is 0 Å². The van der Waals surface area contributed by atoms with E-state index in [0.29, 0.717) is 18.3 Å². The van der Waals surface area contributed by atoms with Gasteiger partial charge >= 0.3 is 5.97 Å². The molecule has 1 aromatic heterocycles. The average molecular weight is 480 g/mol. The molecule has 3 unspecified atom stereocenters. The summed E-state index contributed by atoms with van der Waals surface area (Å²) < 4.78 is 30.3. The summed E-state index contributed by atoms with van der Waals surface area (Å²) in [5.41, 5.74) is -0.226. The summed E-state index contributed by atoms with van der Waals surface area (Å²) in [6.07, 6.45) is 6.07. The predicted octanol–water partition coefficient (Wildman–Crippen LogP) is 3.19. The third kappa shape index (κ3) is 4.80. The highest BCUT2D eigenvalue weighted by molar-refractivity contribution is 7.93. The number of sulfone groups is 1. The molecule has 1 N–H and O–H groups in total. The van der Waals surface area contributed by atoms with Gasteiger partial charge in [0.2, 0.25) is 9.84 Å². The van der Waals surface area contributed by atoms with E-state index in [1.54, 1.807) is 0 Å². The van der Waals surface area contributed by atoms with Crippen LogP contribution in [0.25, 0.3) is 0 Å². The third-order valence-electron chi connectivity index (χ3n) is 6.03. The number of nitro groups is 1. The van der Waals surface area contributed by atoms with Crippen molar-refractivity contribution in [3.8, 4) is 0 Å². The molecule has 0 aliphatic heterocycles. The minimum Gasteiger partial charge on any atom is -0.456 e. The van der Waals surface area contributed by atoms with Crippen molar-refractivity contribution in [1.29, 1.82) is 0 Å². The summed E-state index contributed by atoms with van der Waals surface area (Å²) in [4.78, 5) is 38.0. The molecule has 0 radical (unpaired) electrons. The second-order valence-electron chi connectivity index (χ2n) is 8.09. The predicted molar refractivity (Wildman–Crippen MR) is 114 cm³/mol. The van der Waals surface area contributed by atoms with Crippen molar-refractivity contribution in [2.45, 2.75) is 41.2 Å². The van der Waals surface area contributed by atoms with Gasteiger partial charge in [-0.1, -0.05) is 17.8 Å². The molecule has 170 valence electrons. The zero-order valence-corrected chi connectivity index (χ0v) is 18.6. The van der Waals surface area contributed by atoms with Crippen LogP contribution in [0.2, 0.25) is 0 Å². The van der Waals surface area contributed by atoms with Gasteiger partial charge in [0.1, 0.15) is 4.21 Å². The topological polar surface area (TPSA) is 146 Å².